The van der Waals surface area contributed by atoms with E-state index < -0.39 is 0 Å². The van der Waals surface area contributed by atoms with Crippen LogP contribution in [0, 0.1) is 23.7 Å². The fourth-order valence-corrected chi connectivity index (χ4v) is 1.90. The number of benzene rings is 1. The Bertz CT molecular complexity index is 621. The summed E-state index contributed by atoms with van der Waals surface area (Å²) in [5.41, 5.74) is 0.915. The molecule has 0 saturated heterocycles. The van der Waals surface area contributed by atoms with E-state index in [9.17, 15) is 0 Å². The van der Waals surface area contributed by atoms with Crippen molar-refractivity contribution >= 4 is 0 Å². The lowest BCUT2D eigenvalue weighted by Crippen LogP contribution is -2.04. The Morgan fingerprint density at radius 2 is 1.75 bits per heavy atom. The van der Waals surface area contributed by atoms with Crippen molar-refractivity contribution in [1.29, 1.82) is 0 Å². The molecule has 1 aromatic rings. The first-order valence-electron chi connectivity index (χ1n) is 8.73. The van der Waals surface area contributed by atoms with Crippen molar-refractivity contribution in [2.24, 2.45) is 0 Å². The van der Waals surface area contributed by atoms with Gasteiger partial charge in [0.15, 0.2) is 0 Å². The number of ether oxygens (including phenoxy) is 2. The van der Waals surface area contributed by atoms with Gasteiger partial charge in [-0.3, -0.25) is 0 Å². The molecular formula is C22H28O2. The average molecular weight is 324 g/mol. The molecule has 0 heterocycles. The monoisotopic (exact) mass is 324 g/mol. The summed E-state index contributed by atoms with van der Waals surface area (Å²) in [4.78, 5) is 0. The Morgan fingerprint density at radius 3 is 2.46 bits per heavy atom. The van der Waals surface area contributed by atoms with Gasteiger partial charge >= 0.3 is 0 Å². The van der Waals surface area contributed by atoms with Gasteiger partial charge in [0, 0.05) is 18.9 Å². The van der Waals surface area contributed by atoms with E-state index in [1.807, 2.05) is 24.3 Å². The molecule has 0 saturated carbocycles. The Kier molecular flexibility index (Phi) is 10.8. The summed E-state index contributed by atoms with van der Waals surface area (Å²) in [6.45, 7) is 4.68. The van der Waals surface area contributed by atoms with Crippen LogP contribution in [0.5, 0.6) is 5.75 Å². The minimum absolute atomic E-state index is 0.354. The molecule has 0 aliphatic rings. The van der Waals surface area contributed by atoms with Gasteiger partial charge in [0.25, 0.3) is 0 Å². The summed E-state index contributed by atoms with van der Waals surface area (Å²) < 4.78 is 11.2. The molecule has 0 amide bonds. The zero-order valence-corrected chi connectivity index (χ0v) is 15.2. The first-order chi connectivity index (χ1) is 11.8. The summed E-state index contributed by atoms with van der Waals surface area (Å²) in [7, 11) is 1.64. The van der Waals surface area contributed by atoms with Crippen LogP contribution in [0.2, 0.25) is 0 Å². The highest BCUT2D eigenvalue weighted by Crippen LogP contribution is 2.17. The number of rotatable bonds is 8. The molecule has 2 nitrogen and oxygen atoms in total. The van der Waals surface area contributed by atoms with Gasteiger partial charge in [0.05, 0.1) is 12.7 Å². The molecule has 0 unspecified atom stereocenters. The molecule has 0 N–H and O–H groups in total. The highest BCUT2D eigenvalue weighted by molar-refractivity contribution is 5.46. The number of allylic oxidation sites excluding steroid dienone is 1. The van der Waals surface area contributed by atoms with Crippen LogP contribution in [0.15, 0.2) is 36.1 Å². The molecule has 2 heteroatoms. The lowest BCUT2D eigenvalue weighted by Gasteiger charge is -2.09. The molecule has 0 bridgehead atoms. The van der Waals surface area contributed by atoms with Crippen LogP contribution in [0.3, 0.4) is 0 Å². The smallest absolute Gasteiger partial charge is 0.146 e. The van der Waals surface area contributed by atoms with Crippen LogP contribution in [-0.4, -0.2) is 13.7 Å². The molecule has 24 heavy (non-hydrogen) atoms. The van der Waals surface area contributed by atoms with E-state index in [0.29, 0.717) is 12.4 Å². The molecule has 0 aliphatic heterocycles. The van der Waals surface area contributed by atoms with Crippen molar-refractivity contribution in [3.63, 3.8) is 0 Å². The highest BCUT2D eigenvalue weighted by atomic mass is 16.5. The number of methoxy groups -OCH3 is 1. The number of hydrogen-bond acceptors (Lipinski definition) is 2. The zero-order chi connectivity index (χ0) is 17.5. The highest BCUT2D eigenvalue weighted by Gasteiger charge is 2.02. The lowest BCUT2D eigenvalue weighted by molar-refractivity contribution is 0.219. The minimum Gasteiger partial charge on any atom is -0.497 e. The van der Waals surface area contributed by atoms with Gasteiger partial charge in [-0.25, -0.2) is 0 Å². The van der Waals surface area contributed by atoms with E-state index >= 15 is 0 Å². The molecule has 1 rings (SSSR count). The molecule has 0 aliphatic carbocycles. The second kappa shape index (κ2) is 13.1. The first kappa shape index (κ1) is 19.7. The van der Waals surface area contributed by atoms with Crippen molar-refractivity contribution in [2.45, 2.75) is 52.4 Å². The van der Waals surface area contributed by atoms with Gasteiger partial charge in [-0.1, -0.05) is 62.5 Å². The largest absolute Gasteiger partial charge is 0.497 e. The van der Waals surface area contributed by atoms with Crippen LogP contribution < -0.4 is 4.74 Å². The van der Waals surface area contributed by atoms with Crippen LogP contribution in [0.25, 0.3) is 0 Å². The van der Waals surface area contributed by atoms with E-state index in [4.69, 9.17) is 9.47 Å². The van der Waals surface area contributed by atoms with E-state index in [-0.39, 0.29) is 0 Å². The number of para-hydroxylation sites is 1. The van der Waals surface area contributed by atoms with E-state index in [1.54, 1.807) is 13.2 Å². The standard InChI is InChI=1S/C22H28O2/c1-4-6-8-10-12-17-21(23-3)19-24-22-18-14-13-16-20(22)15-11-9-7-5-2/h13-14,16-18H,4-9,19H2,1-3H3/b21-17-. The zero-order valence-electron chi connectivity index (χ0n) is 15.2. The average Bonchev–Trinajstić information content (AvgIpc) is 2.62. The maximum atomic E-state index is 5.86. The topological polar surface area (TPSA) is 18.5 Å². The Morgan fingerprint density at radius 1 is 1.04 bits per heavy atom. The fourth-order valence-electron chi connectivity index (χ4n) is 1.90. The maximum Gasteiger partial charge on any atom is 0.146 e. The van der Waals surface area contributed by atoms with E-state index in [0.717, 1.165) is 49.8 Å². The summed E-state index contributed by atoms with van der Waals surface area (Å²) >= 11 is 0. The Balaban J connectivity index is 2.65. The van der Waals surface area contributed by atoms with Gasteiger partial charge < -0.3 is 9.47 Å². The van der Waals surface area contributed by atoms with Gasteiger partial charge in [-0.05, 0) is 25.0 Å². The van der Waals surface area contributed by atoms with Crippen molar-refractivity contribution in [2.75, 3.05) is 13.7 Å². The molecule has 1 aromatic carbocycles. The van der Waals surface area contributed by atoms with Gasteiger partial charge in [0.2, 0.25) is 0 Å². The Hall–Kier alpha value is -2.32. The minimum atomic E-state index is 0.354. The number of unbranched alkanes of at least 4 members (excludes halogenated alkanes) is 4. The van der Waals surface area contributed by atoms with Crippen molar-refractivity contribution < 1.29 is 9.47 Å². The fraction of sp³-hybridized carbons (Fsp3) is 0.455. The summed E-state index contributed by atoms with van der Waals surface area (Å²) in [6, 6.07) is 7.84. The summed E-state index contributed by atoms with van der Waals surface area (Å²) in [5, 5.41) is 0. The van der Waals surface area contributed by atoms with Crippen LogP contribution in [-0.2, 0) is 4.74 Å². The van der Waals surface area contributed by atoms with E-state index in [1.165, 1.54) is 0 Å². The van der Waals surface area contributed by atoms with Gasteiger partial charge in [0.1, 0.15) is 18.1 Å². The van der Waals surface area contributed by atoms with Crippen LogP contribution in [0.4, 0.5) is 0 Å². The van der Waals surface area contributed by atoms with Crippen LogP contribution in [0.1, 0.15) is 57.9 Å². The second-order valence-corrected chi connectivity index (χ2v) is 5.43. The molecule has 0 radical (unpaired) electrons. The predicted octanol–water partition coefficient (Wildman–Crippen LogP) is 5.33. The normalized spacial score (nSPS) is 10.2. The van der Waals surface area contributed by atoms with Crippen LogP contribution >= 0.6 is 0 Å². The summed E-state index contributed by atoms with van der Waals surface area (Å²) in [6.07, 6.45) is 8.20. The maximum absolute atomic E-state index is 5.86. The third-order valence-corrected chi connectivity index (χ3v) is 3.39. The molecule has 0 atom stereocenters. The Labute approximate surface area is 147 Å². The van der Waals surface area contributed by atoms with Crippen molar-refractivity contribution in [3.05, 3.63) is 41.7 Å². The first-order valence-corrected chi connectivity index (χ1v) is 8.73. The molecular weight excluding hydrogens is 296 g/mol. The predicted molar refractivity (Wildman–Crippen MR) is 101 cm³/mol. The SMILES string of the molecule is CCCCC#C/C=C(/COc1ccccc1C#CCCCC)OC. The van der Waals surface area contributed by atoms with Gasteiger partial charge in [-0.15, -0.1) is 0 Å². The third kappa shape index (κ3) is 8.35. The van der Waals surface area contributed by atoms with Crippen molar-refractivity contribution in [1.82, 2.24) is 0 Å². The van der Waals surface area contributed by atoms with E-state index in [2.05, 4.69) is 37.5 Å². The van der Waals surface area contributed by atoms with Crippen molar-refractivity contribution in [3.8, 4) is 29.4 Å². The molecule has 0 aromatic heterocycles. The number of hydrogen-bond donors (Lipinski definition) is 0. The molecule has 128 valence electrons. The second-order valence-electron chi connectivity index (χ2n) is 5.43. The quantitative estimate of drug-likeness (QED) is 0.365. The molecule has 0 spiro atoms. The lowest BCUT2D eigenvalue weighted by atomic mass is 10.2. The molecule has 0 fully saturated rings. The van der Waals surface area contributed by atoms with Gasteiger partial charge in [-0.2, -0.15) is 0 Å². The summed E-state index contributed by atoms with van der Waals surface area (Å²) in [5.74, 6) is 14.0. The third-order valence-electron chi connectivity index (χ3n) is 3.39.